The predicted octanol–water partition coefficient (Wildman–Crippen LogP) is 7.95. The van der Waals surface area contributed by atoms with Gasteiger partial charge in [-0.1, -0.05) is 28.6 Å². The maximum atomic E-state index is 14.4. The average molecular weight is 527 g/mol. The van der Waals surface area contributed by atoms with Gasteiger partial charge in [-0.05, 0) is 55.8 Å². The molecule has 3 N–H and O–H groups in total. The highest BCUT2D eigenvalue weighted by Crippen LogP contribution is 2.43. The van der Waals surface area contributed by atoms with Crippen LogP contribution in [-0.2, 0) is 6.18 Å². The number of hydrogen-bond donors (Lipinski definition) is 2. The van der Waals surface area contributed by atoms with E-state index in [1.54, 1.807) is 19.9 Å². The van der Waals surface area contributed by atoms with Crippen LogP contribution in [-0.4, -0.2) is 0 Å². The summed E-state index contributed by atoms with van der Waals surface area (Å²) in [6.07, 6.45) is -4.64. The molecule has 0 bridgehead atoms. The van der Waals surface area contributed by atoms with Gasteiger partial charge in [0.2, 0.25) is 0 Å². The van der Waals surface area contributed by atoms with Crippen molar-refractivity contribution in [3.63, 3.8) is 0 Å². The second-order valence-electron chi connectivity index (χ2n) is 7.43. The molecule has 0 aliphatic rings. The molecule has 33 heavy (non-hydrogen) atoms. The van der Waals surface area contributed by atoms with E-state index in [-0.39, 0.29) is 27.2 Å². The number of rotatable bonds is 6. The summed E-state index contributed by atoms with van der Waals surface area (Å²) in [5.41, 5.74) is 6.58. The number of nitrogens with one attached hydrogen (secondary N) is 1. The fourth-order valence-electron chi connectivity index (χ4n) is 3.54. The molecule has 9 heteroatoms. The lowest BCUT2D eigenvalue weighted by Crippen LogP contribution is -2.13. The van der Waals surface area contributed by atoms with E-state index in [0.717, 1.165) is 6.07 Å². The van der Waals surface area contributed by atoms with Crippen LogP contribution in [0.15, 0.2) is 59.6 Å². The first-order valence-corrected chi connectivity index (χ1v) is 10.5. The first kappa shape index (κ1) is 24.6. The molecule has 3 rings (SSSR count). The number of ether oxygens (including phenoxy) is 1. The Bertz CT molecular complexity index is 1190. The molecule has 0 amide bonds. The van der Waals surface area contributed by atoms with E-state index in [9.17, 15) is 22.0 Å². The van der Waals surface area contributed by atoms with Gasteiger partial charge in [0.25, 0.3) is 0 Å². The Kier molecular flexibility index (Phi) is 7.02. The Hall–Kier alpha value is -3.07. The van der Waals surface area contributed by atoms with Crippen molar-refractivity contribution >= 4 is 27.3 Å². The van der Waals surface area contributed by atoms with Gasteiger partial charge in [0.05, 0.1) is 6.04 Å². The standard InChI is InChI=1S/C24H20BrF5N2O/c1-12-9-15(26)10-19(27)22(12)14(3)32-20-8-7-16(11-17(20)13(2)31)33-21-6-4-5-18(25)23(21)24(28,29)30/h4-11,14,32H,2,31H2,1,3H3. The van der Waals surface area contributed by atoms with E-state index < -0.39 is 29.4 Å². The first-order chi connectivity index (χ1) is 15.4. The van der Waals surface area contributed by atoms with Crippen LogP contribution >= 0.6 is 15.9 Å². The van der Waals surface area contributed by atoms with Crippen LogP contribution < -0.4 is 15.8 Å². The number of benzene rings is 3. The largest absolute Gasteiger partial charge is 0.457 e. The maximum Gasteiger partial charge on any atom is 0.421 e. The molecule has 0 saturated carbocycles. The second kappa shape index (κ2) is 9.43. The Labute approximate surface area is 196 Å². The normalized spacial score (nSPS) is 12.4. The molecule has 0 spiro atoms. The maximum absolute atomic E-state index is 14.4. The lowest BCUT2D eigenvalue weighted by atomic mass is 10.0. The highest BCUT2D eigenvalue weighted by Gasteiger charge is 2.37. The van der Waals surface area contributed by atoms with Crippen LogP contribution in [0.5, 0.6) is 11.5 Å². The zero-order valence-electron chi connectivity index (χ0n) is 17.7. The molecule has 3 aromatic rings. The summed E-state index contributed by atoms with van der Waals surface area (Å²) in [6.45, 7) is 6.98. The fourth-order valence-corrected chi connectivity index (χ4v) is 4.11. The molecule has 3 aromatic carbocycles. The van der Waals surface area contributed by atoms with Crippen LogP contribution in [0.4, 0.5) is 27.6 Å². The lowest BCUT2D eigenvalue weighted by molar-refractivity contribution is -0.139. The van der Waals surface area contributed by atoms with Crippen LogP contribution in [0.25, 0.3) is 5.70 Å². The molecule has 3 nitrogen and oxygen atoms in total. The molecule has 0 fully saturated rings. The van der Waals surface area contributed by atoms with Crippen LogP contribution in [0.3, 0.4) is 0 Å². The van der Waals surface area contributed by atoms with Crippen molar-refractivity contribution in [2.24, 2.45) is 5.73 Å². The van der Waals surface area contributed by atoms with E-state index in [1.165, 1.54) is 36.4 Å². The van der Waals surface area contributed by atoms with Crippen molar-refractivity contribution in [2.75, 3.05) is 5.32 Å². The molecule has 0 saturated heterocycles. The predicted molar refractivity (Wildman–Crippen MR) is 122 cm³/mol. The van der Waals surface area contributed by atoms with E-state index in [0.29, 0.717) is 16.8 Å². The zero-order valence-corrected chi connectivity index (χ0v) is 19.2. The average Bonchev–Trinajstić information content (AvgIpc) is 2.67. The van der Waals surface area contributed by atoms with Crippen molar-refractivity contribution in [3.8, 4) is 11.5 Å². The summed E-state index contributed by atoms with van der Waals surface area (Å²) in [7, 11) is 0. The summed E-state index contributed by atoms with van der Waals surface area (Å²) < 4.78 is 73.6. The summed E-state index contributed by atoms with van der Waals surface area (Å²) in [4.78, 5) is 0. The van der Waals surface area contributed by atoms with Gasteiger partial charge >= 0.3 is 6.18 Å². The quantitative estimate of drug-likeness (QED) is 0.320. The van der Waals surface area contributed by atoms with Crippen molar-refractivity contribution in [1.82, 2.24) is 0 Å². The molecule has 1 atom stereocenters. The van der Waals surface area contributed by atoms with Crippen molar-refractivity contribution in [1.29, 1.82) is 0 Å². The number of aryl methyl sites for hydroxylation is 1. The van der Waals surface area contributed by atoms with Gasteiger partial charge in [0.15, 0.2) is 0 Å². The van der Waals surface area contributed by atoms with Crippen LogP contribution in [0.2, 0.25) is 0 Å². The minimum Gasteiger partial charge on any atom is -0.457 e. The van der Waals surface area contributed by atoms with Gasteiger partial charge in [0, 0.05) is 33.1 Å². The fraction of sp³-hybridized carbons (Fsp3) is 0.167. The third-order valence-corrected chi connectivity index (χ3v) is 5.59. The monoisotopic (exact) mass is 526 g/mol. The summed E-state index contributed by atoms with van der Waals surface area (Å²) in [6, 6.07) is 9.80. The van der Waals surface area contributed by atoms with Gasteiger partial charge in [-0.3, -0.25) is 0 Å². The van der Waals surface area contributed by atoms with Crippen molar-refractivity contribution in [3.05, 3.63) is 93.5 Å². The number of alkyl halides is 3. The molecule has 0 heterocycles. The van der Waals surface area contributed by atoms with Gasteiger partial charge < -0.3 is 15.8 Å². The van der Waals surface area contributed by atoms with Gasteiger partial charge in [-0.15, -0.1) is 0 Å². The number of halogens is 6. The van der Waals surface area contributed by atoms with Gasteiger partial charge in [0.1, 0.15) is 28.7 Å². The molecule has 0 radical (unpaired) electrons. The van der Waals surface area contributed by atoms with Crippen LogP contribution in [0, 0.1) is 18.6 Å². The van der Waals surface area contributed by atoms with Crippen molar-refractivity contribution < 1.29 is 26.7 Å². The van der Waals surface area contributed by atoms with E-state index >= 15 is 0 Å². The van der Waals surface area contributed by atoms with Crippen molar-refractivity contribution in [2.45, 2.75) is 26.1 Å². The van der Waals surface area contributed by atoms with Gasteiger partial charge in [-0.2, -0.15) is 13.2 Å². The number of hydrogen-bond acceptors (Lipinski definition) is 3. The second-order valence-corrected chi connectivity index (χ2v) is 8.28. The molecule has 174 valence electrons. The number of anilines is 1. The van der Waals surface area contributed by atoms with E-state index in [1.807, 2.05) is 0 Å². The highest BCUT2D eigenvalue weighted by atomic mass is 79.9. The summed E-state index contributed by atoms with van der Waals surface area (Å²) in [5.74, 6) is -1.66. The molecule has 0 aliphatic heterocycles. The van der Waals surface area contributed by atoms with Crippen LogP contribution in [0.1, 0.15) is 35.2 Å². The molecule has 0 aromatic heterocycles. The third kappa shape index (κ3) is 5.47. The highest BCUT2D eigenvalue weighted by molar-refractivity contribution is 9.10. The topological polar surface area (TPSA) is 47.3 Å². The Balaban J connectivity index is 1.95. The first-order valence-electron chi connectivity index (χ1n) is 9.73. The van der Waals surface area contributed by atoms with E-state index in [2.05, 4.69) is 27.8 Å². The smallest absolute Gasteiger partial charge is 0.421 e. The Morgan fingerprint density at radius 3 is 2.42 bits per heavy atom. The third-order valence-electron chi connectivity index (χ3n) is 4.93. The molecular weight excluding hydrogens is 507 g/mol. The molecule has 0 aliphatic carbocycles. The van der Waals surface area contributed by atoms with Gasteiger partial charge in [-0.25, -0.2) is 8.78 Å². The summed E-state index contributed by atoms with van der Waals surface area (Å²) >= 11 is 2.91. The Morgan fingerprint density at radius 1 is 1.12 bits per heavy atom. The molecular formula is C24H20BrF5N2O. The summed E-state index contributed by atoms with van der Waals surface area (Å²) in [5, 5.41) is 3.10. The van der Waals surface area contributed by atoms with E-state index in [4.69, 9.17) is 10.5 Å². The zero-order chi connectivity index (χ0) is 24.5. The minimum absolute atomic E-state index is 0.0996. The lowest BCUT2D eigenvalue weighted by Gasteiger charge is -2.22. The SMILES string of the molecule is C=C(N)c1cc(Oc2cccc(Br)c2C(F)(F)F)ccc1NC(C)c1c(C)cc(F)cc1F. The number of nitrogens with two attached hydrogens (primary N) is 1. The Morgan fingerprint density at radius 2 is 1.82 bits per heavy atom. The molecule has 1 unspecified atom stereocenters. The minimum atomic E-state index is -4.64.